The molecular formula is C14H20N2. The third-order valence-electron chi connectivity index (χ3n) is 3.70. The molecule has 1 aliphatic heterocycles. The molecule has 1 aromatic rings. The minimum atomic E-state index is 0.532. The zero-order valence-electron chi connectivity index (χ0n) is 9.73. The van der Waals surface area contributed by atoms with Gasteiger partial charge in [0.1, 0.15) is 0 Å². The standard InChI is InChI=1S/C14H20N2/c1-2-5-12(6-3-1)14-11-16(13-7-8-13)10-4-9-15-14/h1-3,5-6,13-15H,4,7-11H2. The molecule has 2 fully saturated rings. The highest BCUT2D eigenvalue weighted by Crippen LogP contribution is 2.29. The smallest absolute Gasteiger partial charge is 0.0449 e. The van der Waals surface area contributed by atoms with Gasteiger partial charge in [-0.25, -0.2) is 0 Å². The minimum absolute atomic E-state index is 0.532. The fourth-order valence-electron chi connectivity index (χ4n) is 2.63. The van der Waals surface area contributed by atoms with Crippen LogP contribution in [-0.2, 0) is 0 Å². The van der Waals surface area contributed by atoms with E-state index in [0.29, 0.717) is 6.04 Å². The molecule has 1 N–H and O–H groups in total. The Hall–Kier alpha value is -0.860. The van der Waals surface area contributed by atoms with Gasteiger partial charge in [0.15, 0.2) is 0 Å². The van der Waals surface area contributed by atoms with Gasteiger partial charge in [-0.1, -0.05) is 30.3 Å². The Morgan fingerprint density at radius 1 is 1.12 bits per heavy atom. The van der Waals surface area contributed by atoms with Gasteiger partial charge in [-0.3, -0.25) is 4.90 Å². The molecule has 1 unspecified atom stereocenters. The van der Waals surface area contributed by atoms with Gasteiger partial charge in [-0.05, 0) is 37.9 Å². The SMILES string of the molecule is c1ccc(C2CN(C3CC3)CCCN2)cc1. The molecule has 1 atom stereocenters. The van der Waals surface area contributed by atoms with Crippen molar-refractivity contribution in [3.05, 3.63) is 35.9 Å². The second-order valence-corrected chi connectivity index (χ2v) is 5.00. The van der Waals surface area contributed by atoms with Crippen LogP contribution in [0.25, 0.3) is 0 Å². The number of hydrogen-bond acceptors (Lipinski definition) is 2. The van der Waals surface area contributed by atoms with E-state index < -0.39 is 0 Å². The summed E-state index contributed by atoms with van der Waals surface area (Å²) in [5.74, 6) is 0. The van der Waals surface area contributed by atoms with Crippen LogP contribution in [0.1, 0.15) is 30.9 Å². The van der Waals surface area contributed by atoms with Crippen molar-refractivity contribution in [1.82, 2.24) is 10.2 Å². The molecule has 3 rings (SSSR count). The predicted octanol–water partition coefficient (Wildman–Crippen LogP) is 2.19. The van der Waals surface area contributed by atoms with E-state index in [1.165, 1.54) is 37.9 Å². The Labute approximate surface area is 97.6 Å². The van der Waals surface area contributed by atoms with Crippen molar-refractivity contribution >= 4 is 0 Å². The van der Waals surface area contributed by atoms with Crippen LogP contribution in [0.3, 0.4) is 0 Å². The van der Waals surface area contributed by atoms with Crippen molar-refractivity contribution in [2.75, 3.05) is 19.6 Å². The summed E-state index contributed by atoms with van der Waals surface area (Å²) < 4.78 is 0. The van der Waals surface area contributed by atoms with Gasteiger partial charge in [0, 0.05) is 18.6 Å². The molecule has 0 aromatic heterocycles. The molecule has 16 heavy (non-hydrogen) atoms. The summed E-state index contributed by atoms with van der Waals surface area (Å²) in [5, 5.41) is 3.67. The number of hydrogen-bond donors (Lipinski definition) is 1. The molecule has 1 saturated carbocycles. The Morgan fingerprint density at radius 2 is 1.94 bits per heavy atom. The number of nitrogens with one attached hydrogen (secondary N) is 1. The second-order valence-electron chi connectivity index (χ2n) is 5.00. The summed E-state index contributed by atoms with van der Waals surface area (Å²) in [7, 11) is 0. The average Bonchev–Trinajstić information content (AvgIpc) is 3.16. The van der Waals surface area contributed by atoms with Crippen molar-refractivity contribution in [1.29, 1.82) is 0 Å². The second kappa shape index (κ2) is 4.56. The van der Waals surface area contributed by atoms with Crippen molar-refractivity contribution in [3.8, 4) is 0 Å². The predicted molar refractivity (Wildman–Crippen MR) is 66.4 cm³/mol. The van der Waals surface area contributed by atoms with Crippen LogP contribution in [0.5, 0.6) is 0 Å². The average molecular weight is 216 g/mol. The number of rotatable bonds is 2. The van der Waals surface area contributed by atoms with Gasteiger partial charge in [0.05, 0.1) is 0 Å². The van der Waals surface area contributed by atoms with Crippen molar-refractivity contribution < 1.29 is 0 Å². The lowest BCUT2D eigenvalue weighted by molar-refractivity contribution is 0.259. The third-order valence-corrected chi connectivity index (χ3v) is 3.70. The fraction of sp³-hybridized carbons (Fsp3) is 0.571. The molecule has 1 heterocycles. The first-order chi connectivity index (χ1) is 7.93. The van der Waals surface area contributed by atoms with Crippen molar-refractivity contribution in [2.45, 2.75) is 31.3 Å². The molecule has 0 bridgehead atoms. The Balaban J connectivity index is 1.73. The first-order valence-corrected chi connectivity index (χ1v) is 6.46. The van der Waals surface area contributed by atoms with E-state index in [-0.39, 0.29) is 0 Å². The molecule has 1 saturated heterocycles. The molecule has 0 spiro atoms. The summed E-state index contributed by atoms with van der Waals surface area (Å²) >= 11 is 0. The summed E-state index contributed by atoms with van der Waals surface area (Å²) in [6.45, 7) is 3.62. The summed E-state index contributed by atoms with van der Waals surface area (Å²) in [6, 6.07) is 12.3. The van der Waals surface area contributed by atoms with Gasteiger partial charge in [-0.15, -0.1) is 0 Å². The van der Waals surface area contributed by atoms with E-state index in [1.54, 1.807) is 0 Å². The largest absolute Gasteiger partial charge is 0.309 e. The minimum Gasteiger partial charge on any atom is -0.309 e. The molecule has 2 heteroatoms. The Bertz CT molecular complexity index is 332. The summed E-state index contributed by atoms with van der Waals surface area (Å²) in [6.07, 6.45) is 4.13. The van der Waals surface area contributed by atoms with Crippen LogP contribution >= 0.6 is 0 Å². The highest BCUT2D eigenvalue weighted by atomic mass is 15.2. The maximum atomic E-state index is 3.67. The van der Waals surface area contributed by atoms with Gasteiger partial charge in [0.25, 0.3) is 0 Å². The zero-order valence-corrected chi connectivity index (χ0v) is 9.73. The first-order valence-electron chi connectivity index (χ1n) is 6.46. The van der Waals surface area contributed by atoms with Crippen LogP contribution in [-0.4, -0.2) is 30.6 Å². The fourth-order valence-corrected chi connectivity index (χ4v) is 2.63. The van der Waals surface area contributed by atoms with E-state index >= 15 is 0 Å². The number of benzene rings is 1. The Kier molecular flexibility index (Phi) is 2.94. The molecule has 1 aliphatic carbocycles. The van der Waals surface area contributed by atoms with Gasteiger partial charge >= 0.3 is 0 Å². The van der Waals surface area contributed by atoms with Crippen molar-refractivity contribution in [2.24, 2.45) is 0 Å². The highest BCUT2D eigenvalue weighted by Gasteiger charge is 2.31. The summed E-state index contributed by atoms with van der Waals surface area (Å²) in [4.78, 5) is 2.68. The van der Waals surface area contributed by atoms with Crippen LogP contribution < -0.4 is 5.32 Å². The van der Waals surface area contributed by atoms with Gasteiger partial charge < -0.3 is 5.32 Å². The van der Waals surface area contributed by atoms with E-state index in [4.69, 9.17) is 0 Å². The lowest BCUT2D eigenvalue weighted by Gasteiger charge is -2.24. The maximum absolute atomic E-state index is 3.67. The molecular weight excluding hydrogens is 196 g/mol. The quantitative estimate of drug-likeness (QED) is 0.815. The van der Waals surface area contributed by atoms with Crippen LogP contribution in [0.4, 0.5) is 0 Å². The maximum Gasteiger partial charge on any atom is 0.0449 e. The molecule has 2 nitrogen and oxygen atoms in total. The summed E-state index contributed by atoms with van der Waals surface area (Å²) in [5.41, 5.74) is 1.44. The van der Waals surface area contributed by atoms with Crippen LogP contribution in [0.2, 0.25) is 0 Å². The van der Waals surface area contributed by atoms with E-state index in [0.717, 1.165) is 12.6 Å². The Morgan fingerprint density at radius 3 is 2.69 bits per heavy atom. The molecule has 0 radical (unpaired) electrons. The highest BCUT2D eigenvalue weighted by molar-refractivity contribution is 5.19. The molecule has 1 aromatic carbocycles. The van der Waals surface area contributed by atoms with Crippen LogP contribution in [0, 0.1) is 0 Å². The molecule has 0 amide bonds. The first kappa shape index (κ1) is 10.3. The van der Waals surface area contributed by atoms with E-state index in [1.807, 2.05) is 0 Å². The van der Waals surface area contributed by atoms with Gasteiger partial charge in [0.2, 0.25) is 0 Å². The lowest BCUT2D eigenvalue weighted by Crippen LogP contribution is -2.32. The lowest BCUT2D eigenvalue weighted by atomic mass is 10.1. The molecule has 2 aliphatic rings. The molecule has 86 valence electrons. The van der Waals surface area contributed by atoms with Gasteiger partial charge in [-0.2, -0.15) is 0 Å². The zero-order chi connectivity index (χ0) is 10.8. The normalized spacial score (nSPS) is 27.6. The van der Waals surface area contributed by atoms with Crippen LogP contribution in [0.15, 0.2) is 30.3 Å². The van der Waals surface area contributed by atoms with E-state index in [9.17, 15) is 0 Å². The number of nitrogens with zero attached hydrogens (tertiary/aromatic N) is 1. The van der Waals surface area contributed by atoms with Crippen molar-refractivity contribution in [3.63, 3.8) is 0 Å². The monoisotopic (exact) mass is 216 g/mol. The topological polar surface area (TPSA) is 15.3 Å². The van der Waals surface area contributed by atoms with E-state index in [2.05, 4.69) is 40.5 Å². The third kappa shape index (κ3) is 2.28.